The van der Waals surface area contributed by atoms with Crippen LogP contribution in [-0.4, -0.2) is 17.6 Å². The third-order valence-electron chi connectivity index (χ3n) is 3.92. The lowest BCUT2D eigenvalue weighted by atomic mass is 10.1. The molecule has 0 bridgehead atoms. The van der Waals surface area contributed by atoms with Gasteiger partial charge in [-0.15, -0.1) is 0 Å². The van der Waals surface area contributed by atoms with Crippen LogP contribution in [0.25, 0.3) is 0 Å². The Morgan fingerprint density at radius 3 is 2.42 bits per heavy atom. The molecule has 0 spiro atoms. The Kier molecular flexibility index (Phi) is 4.76. The molecule has 0 unspecified atom stereocenters. The molecule has 124 valence electrons. The van der Waals surface area contributed by atoms with Crippen molar-refractivity contribution >= 4 is 40.3 Å². The Hall–Kier alpha value is -2.47. The molecule has 1 heterocycles. The average Bonchev–Trinajstić information content (AvgIpc) is 2.96. The summed E-state index contributed by atoms with van der Waals surface area (Å²) in [4.78, 5) is 13.7. The topological polar surface area (TPSA) is 44.4 Å². The Balaban J connectivity index is 1.67. The van der Waals surface area contributed by atoms with E-state index in [9.17, 15) is 9.18 Å². The summed E-state index contributed by atoms with van der Waals surface area (Å²) >= 11 is 5.27. The minimum absolute atomic E-state index is 0.173. The number of benzene rings is 2. The highest BCUT2D eigenvalue weighted by atomic mass is 32.1. The number of nitrogens with one attached hydrogen (secondary N) is 2. The molecular formula is C18H18FN3OS. The zero-order valence-corrected chi connectivity index (χ0v) is 14.1. The molecule has 0 atom stereocenters. The zero-order chi connectivity index (χ0) is 17.1. The molecule has 24 heavy (non-hydrogen) atoms. The van der Waals surface area contributed by atoms with Crippen LogP contribution in [0, 0.1) is 12.7 Å². The van der Waals surface area contributed by atoms with Gasteiger partial charge in [0.1, 0.15) is 5.82 Å². The van der Waals surface area contributed by atoms with Crippen molar-refractivity contribution in [3.8, 4) is 0 Å². The third-order valence-corrected chi connectivity index (χ3v) is 4.13. The van der Waals surface area contributed by atoms with Gasteiger partial charge < -0.3 is 15.5 Å². The van der Waals surface area contributed by atoms with Gasteiger partial charge in [0, 0.05) is 30.0 Å². The number of nitrogens with zero attached hydrogens (tertiary/aromatic N) is 1. The molecule has 0 aromatic heterocycles. The van der Waals surface area contributed by atoms with E-state index in [0.29, 0.717) is 17.2 Å². The van der Waals surface area contributed by atoms with Crippen LogP contribution in [-0.2, 0) is 4.79 Å². The van der Waals surface area contributed by atoms with Crippen molar-refractivity contribution in [2.75, 3.05) is 22.1 Å². The number of anilines is 3. The fourth-order valence-corrected chi connectivity index (χ4v) is 3.00. The summed E-state index contributed by atoms with van der Waals surface area (Å²) in [5.41, 5.74) is 3.51. The maximum absolute atomic E-state index is 12.9. The van der Waals surface area contributed by atoms with Crippen LogP contribution in [0.5, 0.6) is 0 Å². The molecule has 4 nitrogen and oxygen atoms in total. The van der Waals surface area contributed by atoms with Gasteiger partial charge in [0.15, 0.2) is 5.11 Å². The van der Waals surface area contributed by atoms with Gasteiger partial charge in [-0.3, -0.25) is 4.79 Å². The molecule has 1 aliphatic rings. The van der Waals surface area contributed by atoms with Gasteiger partial charge in [0.05, 0.1) is 0 Å². The van der Waals surface area contributed by atoms with E-state index < -0.39 is 0 Å². The monoisotopic (exact) mass is 343 g/mol. The van der Waals surface area contributed by atoms with Gasteiger partial charge in [-0.1, -0.05) is 0 Å². The molecule has 0 aliphatic carbocycles. The molecule has 0 saturated carbocycles. The average molecular weight is 343 g/mol. The second kappa shape index (κ2) is 6.97. The second-order valence-electron chi connectivity index (χ2n) is 5.74. The highest BCUT2D eigenvalue weighted by Gasteiger charge is 2.22. The Morgan fingerprint density at radius 1 is 1.12 bits per heavy atom. The summed E-state index contributed by atoms with van der Waals surface area (Å²) in [6.07, 6.45) is 1.52. The summed E-state index contributed by atoms with van der Waals surface area (Å²) < 4.78 is 12.9. The number of rotatable bonds is 3. The molecule has 1 fully saturated rings. The number of hydrogen-bond donors (Lipinski definition) is 2. The fourth-order valence-electron chi connectivity index (χ4n) is 2.77. The molecule has 3 rings (SSSR count). The van der Waals surface area contributed by atoms with Crippen LogP contribution < -0.4 is 15.5 Å². The van der Waals surface area contributed by atoms with Gasteiger partial charge in [-0.25, -0.2) is 4.39 Å². The predicted molar refractivity (Wildman–Crippen MR) is 99.0 cm³/mol. The van der Waals surface area contributed by atoms with E-state index >= 15 is 0 Å². The Morgan fingerprint density at radius 2 is 1.79 bits per heavy atom. The minimum atomic E-state index is -0.290. The van der Waals surface area contributed by atoms with Gasteiger partial charge in [-0.2, -0.15) is 0 Å². The van der Waals surface area contributed by atoms with E-state index in [1.165, 1.54) is 12.1 Å². The first-order chi connectivity index (χ1) is 11.5. The number of aryl methyl sites for hydroxylation is 1. The van der Waals surface area contributed by atoms with E-state index in [1.807, 2.05) is 30.0 Å². The number of carbonyl (C=O) groups is 1. The van der Waals surface area contributed by atoms with Gasteiger partial charge in [0.2, 0.25) is 5.91 Å². The number of amides is 1. The molecule has 2 aromatic rings. The van der Waals surface area contributed by atoms with Crippen molar-refractivity contribution in [3.05, 3.63) is 53.8 Å². The zero-order valence-electron chi connectivity index (χ0n) is 13.3. The van der Waals surface area contributed by atoms with E-state index in [-0.39, 0.29) is 11.7 Å². The van der Waals surface area contributed by atoms with Crippen LogP contribution >= 0.6 is 12.2 Å². The van der Waals surface area contributed by atoms with Crippen LogP contribution in [0.2, 0.25) is 0 Å². The molecule has 0 radical (unpaired) electrons. The first-order valence-electron chi connectivity index (χ1n) is 7.77. The molecule has 2 aromatic carbocycles. The summed E-state index contributed by atoms with van der Waals surface area (Å²) in [6.45, 7) is 2.75. The molecular weight excluding hydrogens is 325 g/mol. The summed E-state index contributed by atoms with van der Waals surface area (Å²) in [6, 6.07) is 11.8. The van der Waals surface area contributed by atoms with Crippen LogP contribution in [0.15, 0.2) is 42.5 Å². The second-order valence-corrected chi connectivity index (χ2v) is 6.14. The summed E-state index contributed by atoms with van der Waals surface area (Å²) in [7, 11) is 0. The van der Waals surface area contributed by atoms with Crippen molar-refractivity contribution in [2.45, 2.75) is 19.8 Å². The third kappa shape index (κ3) is 3.71. The highest BCUT2D eigenvalue weighted by Crippen LogP contribution is 2.27. The lowest BCUT2D eigenvalue weighted by Crippen LogP contribution is -2.24. The summed E-state index contributed by atoms with van der Waals surface area (Å²) in [5, 5.41) is 6.52. The lowest BCUT2D eigenvalue weighted by Gasteiger charge is -2.19. The van der Waals surface area contributed by atoms with Crippen molar-refractivity contribution in [1.29, 1.82) is 0 Å². The smallest absolute Gasteiger partial charge is 0.227 e. The standard InChI is InChI=1S/C18H18FN3OS/c1-12-11-15(8-9-16(12)22-10-2-3-17(22)23)21-18(24)20-14-6-4-13(19)5-7-14/h4-9,11H,2-3,10H2,1H3,(H2,20,21,24). The Labute approximate surface area is 145 Å². The van der Waals surface area contributed by atoms with Gasteiger partial charge in [0.25, 0.3) is 0 Å². The molecule has 2 N–H and O–H groups in total. The number of carbonyl (C=O) groups excluding carboxylic acids is 1. The SMILES string of the molecule is Cc1cc(NC(=S)Nc2ccc(F)cc2)ccc1N1CCCC1=O. The van der Waals surface area contributed by atoms with E-state index in [2.05, 4.69) is 10.6 Å². The first kappa shape index (κ1) is 16.4. The largest absolute Gasteiger partial charge is 0.332 e. The van der Waals surface area contributed by atoms with Crippen molar-refractivity contribution < 1.29 is 9.18 Å². The maximum Gasteiger partial charge on any atom is 0.227 e. The maximum atomic E-state index is 12.9. The van der Waals surface area contributed by atoms with Crippen molar-refractivity contribution in [1.82, 2.24) is 0 Å². The van der Waals surface area contributed by atoms with Crippen LogP contribution in [0.1, 0.15) is 18.4 Å². The predicted octanol–water partition coefficient (Wildman–Crippen LogP) is 4.07. The van der Waals surface area contributed by atoms with Gasteiger partial charge >= 0.3 is 0 Å². The highest BCUT2D eigenvalue weighted by molar-refractivity contribution is 7.80. The summed E-state index contributed by atoms with van der Waals surface area (Å²) in [5.74, 6) is -0.116. The van der Waals surface area contributed by atoms with Crippen LogP contribution in [0.4, 0.5) is 21.5 Å². The Bertz CT molecular complexity index is 776. The van der Waals surface area contributed by atoms with Gasteiger partial charge in [-0.05, 0) is 73.6 Å². The fraction of sp³-hybridized carbons (Fsp3) is 0.222. The molecule has 1 aliphatic heterocycles. The number of halogens is 1. The van der Waals surface area contributed by atoms with Crippen molar-refractivity contribution in [3.63, 3.8) is 0 Å². The number of thiocarbonyl (C=S) groups is 1. The van der Waals surface area contributed by atoms with E-state index in [4.69, 9.17) is 12.2 Å². The first-order valence-corrected chi connectivity index (χ1v) is 8.18. The molecule has 6 heteroatoms. The van der Waals surface area contributed by atoms with E-state index in [0.717, 1.165) is 29.9 Å². The van der Waals surface area contributed by atoms with Crippen molar-refractivity contribution in [2.24, 2.45) is 0 Å². The quantitative estimate of drug-likeness (QED) is 0.825. The molecule has 1 amide bonds. The normalized spacial score (nSPS) is 13.9. The number of hydrogen-bond acceptors (Lipinski definition) is 2. The minimum Gasteiger partial charge on any atom is -0.332 e. The molecule has 1 saturated heterocycles. The lowest BCUT2D eigenvalue weighted by molar-refractivity contribution is -0.117. The van der Waals surface area contributed by atoms with E-state index in [1.54, 1.807) is 12.1 Å². The van der Waals surface area contributed by atoms with Crippen LogP contribution in [0.3, 0.4) is 0 Å².